The lowest BCUT2D eigenvalue weighted by Gasteiger charge is -2.27. The van der Waals surface area contributed by atoms with E-state index in [0.29, 0.717) is 12.2 Å². The predicted octanol–water partition coefficient (Wildman–Crippen LogP) is 4.11. The molecular formula is C23H28N2O4. The molecule has 6 nitrogen and oxygen atoms in total. The Morgan fingerprint density at radius 2 is 1.69 bits per heavy atom. The van der Waals surface area contributed by atoms with Crippen molar-refractivity contribution in [2.75, 3.05) is 19.1 Å². The molecule has 1 aliphatic rings. The Labute approximate surface area is 171 Å². The highest BCUT2D eigenvalue weighted by Gasteiger charge is 2.63. The van der Waals surface area contributed by atoms with Gasteiger partial charge in [0.2, 0.25) is 0 Å². The minimum Gasteiger partial charge on any atom is -0.497 e. The summed E-state index contributed by atoms with van der Waals surface area (Å²) in [7, 11) is 3.31. The van der Waals surface area contributed by atoms with E-state index >= 15 is 0 Å². The van der Waals surface area contributed by atoms with Crippen LogP contribution in [-0.2, 0) is 9.53 Å². The van der Waals surface area contributed by atoms with Gasteiger partial charge < -0.3 is 19.7 Å². The van der Waals surface area contributed by atoms with Crippen molar-refractivity contribution in [1.29, 1.82) is 0 Å². The van der Waals surface area contributed by atoms with E-state index in [2.05, 4.69) is 5.32 Å². The summed E-state index contributed by atoms with van der Waals surface area (Å²) in [5.41, 5.74) is 0.0611. The monoisotopic (exact) mass is 396 g/mol. The molecular weight excluding hydrogens is 368 g/mol. The smallest absolute Gasteiger partial charge is 0.408 e. The molecule has 1 unspecified atom stereocenters. The summed E-state index contributed by atoms with van der Waals surface area (Å²) < 4.78 is 10.6. The van der Waals surface area contributed by atoms with Crippen molar-refractivity contribution in [3.63, 3.8) is 0 Å². The van der Waals surface area contributed by atoms with Gasteiger partial charge in [-0.25, -0.2) is 4.79 Å². The molecule has 2 atom stereocenters. The van der Waals surface area contributed by atoms with Gasteiger partial charge in [-0.2, -0.15) is 0 Å². The number of nitrogens with zero attached hydrogens (tertiary/aromatic N) is 1. The maximum Gasteiger partial charge on any atom is 0.408 e. The molecule has 0 aromatic heterocycles. The van der Waals surface area contributed by atoms with Crippen molar-refractivity contribution in [1.82, 2.24) is 5.32 Å². The fourth-order valence-electron chi connectivity index (χ4n) is 3.49. The Morgan fingerprint density at radius 3 is 2.24 bits per heavy atom. The zero-order valence-electron chi connectivity index (χ0n) is 17.6. The van der Waals surface area contributed by atoms with Gasteiger partial charge in [-0.1, -0.05) is 30.3 Å². The lowest BCUT2D eigenvalue weighted by atomic mass is 10.0. The molecule has 3 rings (SSSR count). The predicted molar refractivity (Wildman–Crippen MR) is 112 cm³/mol. The zero-order valence-corrected chi connectivity index (χ0v) is 17.6. The first-order valence-electron chi connectivity index (χ1n) is 9.64. The van der Waals surface area contributed by atoms with Gasteiger partial charge in [0.1, 0.15) is 16.9 Å². The van der Waals surface area contributed by atoms with Crippen LogP contribution in [0.4, 0.5) is 10.5 Å². The fourth-order valence-corrected chi connectivity index (χ4v) is 3.49. The van der Waals surface area contributed by atoms with Gasteiger partial charge in [0, 0.05) is 18.7 Å². The van der Waals surface area contributed by atoms with Crippen LogP contribution in [0.3, 0.4) is 0 Å². The van der Waals surface area contributed by atoms with Crippen LogP contribution in [0.15, 0.2) is 54.6 Å². The topological polar surface area (TPSA) is 67.9 Å². The third-order valence-corrected chi connectivity index (χ3v) is 5.03. The molecule has 29 heavy (non-hydrogen) atoms. The lowest BCUT2D eigenvalue weighted by Crippen LogP contribution is -2.52. The number of likely N-dealkylation sites (N-methyl/N-ethyl adjacent to an activating group) is 1. The van der Waals surface area contributed by atoms with Crippen LogP contribution in [0.25, 0.3) is 0 Å². The minimum absolute atomic E-state index is 0.107. The summed E-state index contributed by atoms with van der Waals surface area (Å²) in [6, 6.07) is 17.0. The first-order valence-corrected chi connectivity index (χ1v) is 9.64. The van der Waals surface area contributed by atoms with Gasteiger partial charge in [0.05, 0.1) is 7.11 Å². The number of nitrogens with one attached hydrogen (secondary N) is 1. The SMILES string of the molecule is COc1ccc(N(C)C(=O)[C@]2(NC(=O)OC(C)(C)C)CC2c2ccccc2)cc1. The van der Waals surface area contributed by atoms with Gasteiger partial charge in [-0.15, -0.1) is 0 Å². The highest BCUT2D eigenvalue weighted by Crippen LogP contribution is 2.53. The summed E-state index contributed by atoms with van der Waals surface area (Å²) in [6.07, 6.45) is -0.0670. The van der Waals surface area contributed by atoms with Gasteiger partial charge in [-0.05, 0) is 57.0 Å². The number of methoxy groups -OCH3 is 1. The molecule has 1 saturated carbocycles. The van der Waals surface area contributed by atoms with Gasteiger partial charge in [-0.3, -0.25) is 4.79 Å². The van der Waals surface area contributed by atoms with Gasteiger partial charge in [0.15, 0.2) is 0 Å². The highest BCUT2D eigenvalue weighted by atomic mass is 16.6. The molecule has 2 aromatic rings. The molecule has 1 fully saturated rings. The van der Waals surface area contributed by atoms with E-state index in [1.54, 1.807) is 52.0 Å². The zero-order chi connectivity index (χ0) is 21.2. The van der Waals surface area contributed by atoms with E-state index in [1.165, 1.54) is 0 Å². The fraction of sp³-hybridized carbons (Fsp3) is 0.391. The molecule has 0 spiro atoms. The van der Waals surface area contributed by atoms with Gasteiger partial charge >= 0.3 is 6.09 Å². The van der Waals surface area contributed by atoms with Crippen LogP contribution in [0, 0.1) is 0 Å². The summed E-state index contributed by atoms with van der Waals surface area (Å²) in [5, 5.41) is 2.87. The van der Waals surface area contributed by atoms with Crippen molar-refractivity contribution in [2.24, 2.45) is 0 Å². The standard InChI is InChI=1S/C23H28N2O4/c1-22(2,3)29-21(27)24-23(15-19(23)16-9-7-6-8-10-16)20(26)25(4)17-11-13-18(28-5)14-12-17/h6-14,19H,15H2,1-5H3,(H,24,27)/t19?,23-/m0/s1. The van der Waals surface area contributed by atoms with E-state index in [4.69, 9.17) is 9.47 Å². The molecule has 0 bridgehead atoms. The Balaban J connectivity index is 1.86. The van der Waals surface area contributed by atoms with Crippen molar-refractivity contribution < 1.29 is 19.1 Å². The third kappa shape index (κ3) is 4.53. The third-order valence-electron chi connectivity index (χ3n) is 5.03. The number of anilines is 1. The maximum absolute atomic E-state index is 13.5. The van der Waals surface area contributed by atoms with Crippen LogP contribution in [0.5, 0.6) is 5.75 Å². The first kappa shape index (κ1) is 20.7. The number of alkyl carbamates (subject to hydrolysis) is 1. The number of amides is 2. The van der Waals surface area contributed by atoms with E-state index in [-0.39, 0.29) is 11.8 Å². The molecule has 2 amide bonds. The summed E-state index contributed by atoms with van der Waals surface area (Å²) in [5.74, 6) is 0.427. The molecule has 1 N–H and O–H groups in total. The molecule has 0 radical (unpaired) electrons. The summed E-state index contributed by atoms with van der Waals surface area (Å²) >= 11 is 0. The average molecular weight is 396 g/mol. The Kier molecular flexibility index (Phi) is 5.55. The molecule has 2 aromatic carbocycles. The quantitative estimate of drug-likeness (QED) is 0.826. The molecule has 154 valence electrons. The highest BCUT2D eigenvalue weighted by molar-refractivity contribution is 6.05. The second-order valence-corrected chi connectivity index (χ2v) is 8.33. The Bertz CT molecular complexity index is 874. The molecule has 0 aliphatic heterocycles. The largest absolute Gasteiger partial charge is 0.497 e. The normalized spacial score (nSPS) is 20.5. The van der Waals surface area contributed by atoms with Crippen molar-refractivity contribution in [2.45, 2.75) is 44.2 Å². The van der Waals surface area contributed by atoms with E-state index in [1.807, 2.05) is 42.5 Å². The molecule has 6 heteroatoms. The first-order chi connectivity index (χ1) is 13.7. The van der Waals surface area contributed by atoms with Crippen LogP contribution in [0.2, 0.25) is 0 Å². The van der Waals surface area contributed by atoms with Crippen LogP contribution < -0.4 is 15.0 Å². The number of benzene rings is 2. The lowest BCUT2D eigenvalue weighted by molar-refractivity contribution is -0.121. The number of ether oxygens (including phenoxy) is 2. The van der Waals surface area contributed by atoms with E-state index < -0.39 is 17.2 Å². The number of rotatable bonds is 5. The summed E-state index contributed by atoms with van der Waals surface area (Å²) in [6.45, 7) is 5.39. The second kappa shape index (κ2) is 7.78. The van der Waals surface area contributed by atoms with Crippen LogP contribution in [-0.4, -0.2) is 37.3 Å². The Morgan fingerprint density at radius 1 is 1.07 bits per heavy atom. The van der Waals surface area contributed by atoms with Crippen LogP contribution >= 0.6 is 0 Å². The average Bonchev–Trinajstić information content (AvgIpc) is 3.41. The molecule has 0 heterocycles. The number of carbonyl (C=O) groups is 2. The van der Waals surface area contributed by atoms with Gasteiger partial charge in [0.25, 0.3) is 5.91 Å². The van der Waals surface area contributed by atoms with Crippen LogP contribution in [0.1, 0.15) is 38.7 Å². The van der Waals surface area contributed by atoms with Crippen molar-refractivity contribution >= 4 is 17.7 Å². The van der Waals surface area contributed by atoms with E-state index in [0.717, 1.165) is 11.3 Å². The summed E-state index contributed by atoms with van der Waals surface area (Å²) in [4.78, 5) is 27.6. The number of hydrogen-bond acceptors (Lipinski definition) is 4. The molecule has 0 saturated heterocycles. The van der Waals surface area contributed by atoms with E-state index in [9.17, 15) is 9.59 Å². The number of hydrogen-bond donors (Lipinski definition) is 1. The minimum atomic E-state index is -1.03. The number of carbonyl (C=O) groups excluding carboxylic acids is 2. The second-order valence-electron chi connectivity index (χ2n) is 8.33. The van der Waals surface area contributed by atoms with Crippen molar-refractivity contribution in [3.8, 4) is 5.75 Å². The molecule has 1 aliphatic carbocycles. The van der Waals surface area contributed by atoms with Crippen molar-refractivity contribution in [3.05, 3.63) is 60.2 Å². The Hall–Kier alpha value is -3.02. The maximum atomic E-state index is 13.5.